The summed E-state index contributed by atoms with van der Waals surface area (Å²) in [5.74, 6) is 0. The van der Waals surface area contributed by atoms with Gasteiger partial charge in [-0.05, 0) is 120 Å². The average Bonchev–Trinajstić information content (AvgIpc) is 3.15. The van der Waals surface area contributed by atoms with Crippen molar-refractivity contribution >= 4 is 66.8 Å². The first-order valence-electron chi connectivity index (χ1n) is 16.3. The van der Waals surface area contributed by atoms with Crippen LogP contribution >= 0.6 is 0 Å². The summed E-state index contributed by atoms with van der Waals surface area (Å²) in [5.41, 5.74) is 11.2. The summed E-state index contributed by atoms with van der Waals surface area (Å²) in [4.78, 5) is 6.53. The number of rotatable bonds is 6. The molecule has 0 amide bonds. The van der Waals surface area contributed by atoms with Gasteiger partial charge >= 0.3 is 0 Å². The van der Waals surface area contributed by atoms with Crippen LogP contribution in [-0.2, 0) is 6.54 Å². The van der Waals surface area contributed by atoms with Crippen LogP contribution in [0.4, 0.5) is 11.4 Å². The zero-order chi connectivity index (χ0) is 32.4. The highest BCUT2D eigenvalue weighted by atomic mass is 15.2. The van der Waals surface area contributed by atoms with E-state index in [1.54, 1.807) is 0 Å². The van der Waals surface area contributed by atoms with Gasteiger partial charge in [-0.2, -0.15) is 0 Å². The smallest absolute Gasteiger partial charge is 0.0859 e. The molecule has 0 N–H and O–H groups in total. The van der Waals surface area contributed by atoms with E-state index in [1.807, 2.05) is 30.4 Å². The molecule has 1 heterocycles. The van der Waals surface area contributed by atoms with Crippen molar-refractivity contribution < 1.29 is 0 Å². The Balaban J connectivity index is 1.11. The molecule has 0 aromatic heterocycles. The molecule has 8 aromatic carbocycles. The predicted octanol–water partition coefficient (Wildman–Crippen LogP) is 12.5. The molecule has 0 saturated carbocycles. The van der Waals surface area contributed by atoms with Crippen LogP contribution in [0.1, 0.15) is 11.1 Å². The van der Waals surface area contributed by atoms with Crippen LogP contribution in [0.2, 0.25) is 0 Å². The summed E-state index contributed by atoms with van der Waals surface area (Å²) in [7, 11) is 0. The molecule has 0 unspecified atom stereocenters. The average molecular weight is 613 g/mol. The second-order valence-electron chi connectivity index (χ2n) is 12.6. The lowest BCUT2D eigenvalue weighted by atomic mass is 9.88. The number of fused-ring (bicyclic) bond motifs is 2. The van der Waals surface area contributed by atoms with Gasteiger partial charge in [0.1, 0.15) is 0 Å². The van der Waals surface area contributed by atoms with Crippen molar-refractivity contribution in [1.82, 2.24) is 0 Å². The lowest BCUT2D eigenvalue weighted by molar-refractivity contribution is 0.916. The summed E-state index contributed by atoms with van der Waals surface area (Å²) < 4.78 is 0. The third kappa shape index (κ3) is 4.23. The molecule has 0 atom stereocenters. The Bertz CT molecular complexity index is 2640. The SMILES string of the molecule is C=CC1=C(C=C)N(c2ccccc2N=C)Cc2ccc(-c3ccc4cc(-c5ccc6ccc7cccc8ccc5c6c78)ccc4c3)cc21. The van der Waals surface area contributed by atoms with Crippen molar-refractivity contribution in [2.75, 3.05) is 4.90 Å². The van der Waals surface area contributed by atoms with E-state index in [-0.39, 0.29) is 0 Å². The van der Waals surface area contributed by atoms with Crippen LogP contribution in [-0.4, -0.2) is 6.72 Å². The molecule has 1 aliphatic heterocycles. The van der Waals surface area contributed by atoms with Crippen LogP contribution in [0.15, 0.2) is 169 Å². The fraction of sp³-hybridized carbons (Fsp3) is 0.0217. The van der Waals surface area contributed by atoms with Crippen molar-refractivity contribution in [3.05, 3.63) is 176 Å². The van der Waals surface area contributed by atoms with E-state index in [0.29, 0.717) is 6.54 Å². The number of hydrogen-bond acceptors (Lipinski definition) is 2. The van der Waals surface area contributed by atoms with E-state index in [2.05, 4.69) is 145 Å². The van der Waals surface area contributed by atoms with Gasteiger partial charge in [0.2, 0.25) is 0 Å². The van der Waals surface area contributed by atoms with Crippen molar-refractivity contribution in [1.29, 1.82) is 0 Å². The Morgan fingerprint density at radius 2 is 1.19 bits per heavy atom. The largest absolute Gasteiger partial charge is 0.335 e. The third-order valence-electron chi connectivity index (χ3n) is 10.0. The Labute approximate surface area is 280 Å². The topological polar surface area (TPSA) is 15.6 Å². The normalized spacial score (nSPS) is 13.0. The van der Waals surface area contributed by atoms with Gasteiger partial charge in [0.15, 0.2) is 0 Å². The zero-order valence-electron chi connectivity index (χ0n) is 26.6. The summed E-state index contributed by atoms with van der Waals surface area (Å²) in [6.45, 7) is 12.9. The predicted molar refractivity (Wildman–Crippen MR) is 208 cm³/mol. The van der Waals surface area contributed by atoms with E-state index < -0.39 is 0 Å². The van der Waals surface area contributed by atoms with Crippen LogP contribution in [0.5, 0.6) is 0 Å². The van der Waals surface area contributed by atoms with Crippen molar-refractivity contribution in [2.45, 2.75) is 6.54 Å². The molecule has 2 heteroatoms. The van der Waals surface area contributed by atoms with Gasteiger partial charge in [-0.3, -0.25) is 4.99 Å². The molecule has 0 bridgehead atoms. The molecular formula is C46H32N2. The molecule has 0 radical (unpaired) electrons. The fourth-order valence-electron chi connectivity index (χ4n) is 7.74. The van der Waals surface area contributed by atoms with Crippen LogP contribution < -0.4 is 4.90 Å². The molecule has 8 aromatic rings. The molecule has 0 fully saturated rings. The number of nitrogens with zero attached hydrogens (tertiary/aromatic N) is 2. The van der Waals surface area contributed by atoms with E-state index in [4.69, 9.17) is 0 Å². The number of para-hydroxylation sites is 2. The maximum atomic E-state index is 4.28. The highest BCUT2D eigenvalue weighted by molar-refractivity contribution is 6.25. The number of allylic oxidation sites excluding steroid dienone is 3. The summed E-state index contributed by atoms with van der Waals surface area (Å²) in [6, 6.07) is 48.7. The first-order valence-corrected chi connectivity index (χ1v) is 16.3. The number of aliphatic imine (C=N–C) groups is 1. The Morgan fingerprint density at radius 3 is 1.96 bits per heavy atom. The van der Waals surface area contributed by atoms with E-state index in [9.17, 15) is 0 Å². The maximum Gasteiger partial charge on any atom is 0.0859 e. The summed E-state index contributed by atoms with van der Waals surface area (Å²) >= 11 is 0. The lowest BCUT2D eigenvalue weighted by Gasteiger charge is -2.34. The van der Waals surface area contributed by atoms with Crippen molar-refractivity contribution in [3.8, 4) is 22.3 Å². The fourth-order valence-corrected chi connectivity index (χ4v) is 7.74. The quantitative estimate of drug-likeness (QED) is 0.135. The maximum absolute atomic E-state index is 4.28. The second kappa shape index (κ2) is 10.9. The van der Waals surface area contributed by atoms with Gasteiger partial charge in [-0.1, -0.05) is 122 Å². The van der Waals surface area contributed by atoms with Crippen molar-refractivity contribution in [3.63, 3.8) is 0 Å². The first-order chi connectivity index (χ1) is 23.6. The monoisotopic (exact) mass is 612 g/mol. The van der Waals surface area contributed by atoms with Gasteiger partial charge in [-0.15, -0.1) is 0 Å². The molecule has 9 rings (SSSR count). The molecule has 226 valence electrons. The molecule has 2 nitrogen and oxygen atoms in total. The van der Waals surface area contributed by atoms with E-state index >= 15 is 0 Å². The highest BCUT2D eigenvalue weighted by Gasteiger charge is 2.25. The van der Waals surface area contributed by atoms with E-state index in [1.165, 1.54) is 76.5 Å². The van der Waals surface area contributed by atoms with Crippen LogP contribution in [0.3, 0.4) is 0 Å². The van der Waals surface area contributed by atoms with Crippen LogP contribution in [0, 0.1) is 0 Å². The second-order valence-corrected chi connectivity index (χ2v) is 12.6. The minimum atomic E-state index is 0.713. The summed E-state index contributed by atoms with van der Waals surface area (Å²) in [5, 5.41) is 10.3. The minimum Gasteiger partial charge on any atom is -0.335 e. The molecule has 0 saturated heterocycles. The highest BCUT2D eigenvalue weighted by Crippen LogP contribution is 2.42. The molecule has 0 aliphatic carbocycles. The number of hydrogen-bond donors (Lipinski definition) is 0. The third-order valence-corrected chi connectivity index (χ3v) is 10.0. The molecular weight excluding hydrogens is 581 g/mol. The van der Waals surface area contributed by atoms with Crippen molar-refractivity contribution in [2.24, 2.45) is 4.99 Å². The van der Waals surface area contributed by atoms with Gasteiger partial charge in [0.25, 0.3) is 0 Å². The van der Waals surface area contributed by atoms with E-state index in [0.717, 1.165) is 22.6 Å². The Hall–Kier alpha value is -6.25. The standard InChI is InChI=1S/C46H32N2/c1-4-38-41-27-35(18-20-37(41)28-48(43(38)5-2)44-12-7-6-11-42(44)47-3)33-15-16-34-26-36(19-17-32(34)25-33)39-23-21-31-14-13-29-9-8-10-30-22-24-40(39)46(31)45(29)30/h4-27H,1-3,28H2. The minimum absolute atomic E-state index is 0.713. The first kappa shape index (κ1) is 28.0. The molecule has 1 aliphatic rings. The number of benzene rings is 8. The molecule has 48 heavy (non-hydrogen) atoms. The zero-order valence-corrected chi connectivity index (χ0v) is 26.6. The Kier molecular flexibility index (Phi) is 6.38. The van der Waals surface area contributed by atoms with Gasteiger partial charge in [0, 0.05) is 17.8 Å². The summed E-state index contributed by atoms with van der Waals surface area (Å²) in [6.07, 6.45) is 3.86. The number of anilines is 1. The van der Waals surface area contributed by atoms with Crippen LogP contribution in [0.25, 0.3) is 70.9 Å². The lowest BCUT2D eigenvalue weighted by Crippen LogP contribution is -2.26. The van der Waals surface area contributed by atoms with Gasteiger partial charge in [0.05, 0.1) is 11.4 Å². The molecule has 0 spiro atoms. The van der Waals surface area contributed by atoms with Gasteiger partial charge < -0.3 is 4.90 Å². The Morgan fingerprint density at radius 1 is 0.542 bits per heavy atom. The van der Waals surface area contributed by atoms with Gasteiger partial charge in [-0.25, -0.2) is 0 Å².